The van der Waals surface area contributed by atoms with E-state index in [9.17, 15) is 4.39 Å². The molecule has 0 bridgehead atoms. The third-order valence-corrected chi connectivity index (χ3v) is 3.13. The Bertz CT molecular complexity index is 498. The summed E-state index contributed by atoms with van der Waals surface area (Å²) >= 11 is 1.50. The Hall–Kier alpha value is -1.40. The standard InChI is InChI=1S/C11H13FN4S/c1-7(13)11-14-10(15-16-11)6-17-9-4-2-3-8(12)5-9/h2-5,7H,6,13H2,1H3,(H,14,15,16). The topological polar surface area (TPSA) is 67.6 Å². The van der Waals surface area contributed by atoms with Crippen LogP contribution in [0.15, 0.2) is 29.2 Å². The van der Waals surface area contributed by atoms with Crippen LogP contribution in [0.4, 0.5) is 4.39 Å². The monoisotopic (exact) mass is 252 g/mol. The molecular formula is C11H13FN4S. The molecule has 1 heterocycles. The van der Waals surface area contributed by atoms with E-state index in [1.807, 2.05) is 13.0 Å². The molecule has 2 aromatic rings. The quantitative estimate of drug-likeness (QED) is 0.819. The van der Waals surface area contributed by atoms with Crippen molar-refractivity contribution in [2.24, 2.45) is 5.73 Å². The minimum atomic E-state index is -0.233. The molecule has 1 aromatic carbocycles. The van der Waals surface area contributed by atoms with E-state index in [2.05, 4.69) is 15.2 Å². The van der Waals surface area contributed by atoms with Crippen LogP contribution in [0.25, 0.3) is 0 Å². The molecule has 0 spiro atoms. The Kier molecular flexibility index (Phi) is 3.75. The van der Waals surface area contributed by atoms with Gasteiger partial charge in [0.05, 0.1) is 11.8 Å². The first-order valence-electron chi connectivity index (χ1n) is 5.20. The van der Waals surface area contributed by atoms with Crippen LogP contribution in [-0.4, -0.2) is 15.2 Å². The molecule has 90 valence electrons. The predicted molar refractivity (Wildman–Crippen MR) is 64.9 cm³/mol. The minimum Gasteiger partial charge on any atom is -0.321 e. The maximum Gasteiger partial charge on any atom is 0.167 e. The zero-order valence-electron chi connectivity index (χ0n) is 9.35. The second-order valence-corrected chi connectivity index (χ2v) is 4.72. The van der Waals surface area contributed by atoms with E-state index in [1.165, 1.54) is 23.9 Å². The Balaban J connectivity index is 1.97. The van der Waals surface area contributed by atoms with Gasteiger partial charge in [0, 0.05) is 4.90 Å². The van der Waals surface area contributed by atoms with Crippen molar-refractivity contribution in [2.75, 3.05) is 0 Å². The lowest BCUT2D eigenvalue weighted by molar-refractivity contribution is 0.624. The number of thioether (sulfide) groups is 1. The lowest BCUT2D eigenvalue weighted by Crippen LogP contribution is -2.06. The Morgan fingerprint density at radius 2 is 2.35 bits per heavy atom. The molecule has 1 atom stereocenters. The zero-order valence-corrected chi connectivity index (χ0v) is 10.2. The highest BCUT2D eigenvalue weighted by molar-refractivity contribution is 7.98. The predicted octanol–water partition coefficient (Wildman–Crippen LogP) is 2.26. The first-order chi connectivity index (χ1) is 8.15. The molecule has 0 fully saturated rings. The molecule has 3 N–H and O–H groups in total. The van der Waals surface area contributed by atoms with E-state index in [-0.39, 0.29) is 11.9 Å². The average molecular weight is 252 g/mol. The number of nitrogens with one attached hydrogen (secondary N) is 1. The van der Waals surface area contributed by atoms with Gasteiger partial charge in [-0.15, -0.1) is 11.8 Å². The second-order valence-electron chi connectivity index (χ2n) is 3.68. The number of aromatic nitrogens is 3. The van der Waals surface area contributed by atoms with Crippen molar-refractivity contribution >= 4 is 11.8 Å². The van der Waals surface area contributed by atoms with Crippen LogP contribution in [-0.2, 0) is 5.75 Å². The molecule has 0 aliphatic carbocycles. The molecule has 0 radical (unpaired) electrons. The summed E-state index contributed by atoms with van der Waals surface area (Å²) in [6.45, 7) is 1.83. The van der Waals surface area contributed by atoms with Crippen LogP contribution in [0.2, 0.25) is 0 Å². The number of H-pyrrole nitrogens is 1. The van der Waals surface area contributed by atoms with Crippen LogP contribution >= 0.6 is 11.8 Å². The molecule has 0 aliphatic heterocycles. The summed E-state index contributed by atoms with van der Waals surface area (Å²) in [7, 11) is 0. The van der Waals surface area contributed by atoms with Crippen LogP contribution < -0.4 is 5.73 Å². The van der Waals surface area contributed by atoms with Crippen molar-refractivity contribution in [2.45, 2.75) is 23.6 Å². The molecule has 0 saturated heterocycles. The fourth-order valence-corrected chi connectivity index (χ4v) is 2.09. The van der Waals surface area contributed by atoms with Gasteiger partial charge < -0.3 is 5.73 Å². The van der Waals surface area contributed by atoms with Crippen molar-refractivity contribution in [3.63, 3.8) is 0 Å². The largest absolute Gasteiger partial charge is 0.321 e. The SMILES string of the molecule is CC(N)c1n[nH]c(CSc2cccc(F)c2)n1. The average Bonchev–Trinajstić information content (AvgIpc) is 2.75. The number of hydrogen-bond donors (Lipinski definition) is 2. The van der Waals surface area contributed by atoms with E-state index < -0.39 is 0 Å². The van der Waals surface area contributed by atoms with Gasteiger partial charge in [-0.05, 0) is 25.1 Å². The van der Waals surface area contributed by atoms with E-state index in [0.717, 1.165) is 10.7 Å². The van der Waals surface area contributed by atoms with Gasteiger partial charge in [0.2, 0.25) is 0 Å². The number of rotatable bonds is 4. The fourth-order valence-electron chi connectivity index (χ4n) is 1.29. The van der Waals surface area contributed by atoms with Gasteiger partial charge in [-0.2, -0.15) is 5.10 Å². The Labute approximate surface area is 103 Å². The van der Waals surface area contributed by atoms with Crippen LogP contribution in [0.1, 0.15) is 24.6 Å². The molecule has 4 nitrogen and oxygen atoms in total. The normalized spacial score (nSPS) is 12.6. The van der Waals surface area contributed by atoms with E-state index >= 15 is 0 Å². The summed E-state index contributed by atoms with van der Waals surface area (Å²) < 4.78 is 12.9. The van der Waals surface area contributed by atoms with Gasteiger partial charge in [-0.1, -0.05) is 6.07 Å². The molecule has 6 heteroatoms. The van der Waals surface area contributed by atoms with Crippen LogP contribution in [0.5, 0.6) is 0 Å². The number of aromatic amines is 1. The first kappa shape index (κ1) is 12.1. The molecule has 0 saturated carbocycles. The van der Waals surface area contributed by atoms with Gasteiger partial charge in [0.1, 0.15) is 11.6 Å². The van der Waals surface area contributed by atoms with Crippen molar-refractivity contribution in [3.05, 3.63) is 41.7 Å². The highest BCUT2D eigenvalue weighted by Crippen LogP contribution is 2.21. The maximum atomic E-state index is 12.9. The Morgan fingerprint density at radius 3 is 3.00 bits per heavy atom. The molecular weight excluding hydrogens is 239 g/mol. The van der Waals surface area contributed by atoms with Crippen molar-refractivity contribution in [1.82, 2.24) is 15.2 Å². The summed E-state index contributed by atoms with van der Waals surface area (Å²) in [5, 5.41) is 6.81. The summed E-state index contributed by atoms with van der Waals surface area (Å²) in [6, 6.07) is 6.28. The lowest BCUT2D eigenvalue weighted by atomic mass is 10.3. The van der Waals surface area contributed by atoms with Gasteiger partial charge in [-0.3, -0.25) is 5.10 Å². The number of benzene rings is 1. The number of halogens is 1. The fraction of sp³-hybridized carbons (Fsp3) is 0.273. The summed E-state index contributed by atoms with van der Waals surface area (Å²) in [4.78, 5) is 5.11. The van der Waals surface area contributed by atoms with Gasteiger partial charge in [-0.25, -0.2) is 9.37 Å². The van der Waals surface area contributed by atoms with Gasteiger partial charge in [0.15, 0.2) is 5.82 Å². The van der Waals surface area contributed by atoms with Crippen molar-refractivity contribution in [3.8, 4) is 0 Å². The highest BCUT2D eigenvalue weighted by atomic mass is 32.2. The van der Waals surface area contributed by atoms with E-state index in [4.69, 9.17) is 5.73 Å². The van der Waals surface area contributed by atoms with Crippen LogP contribution in [0, 0.1) is 5.82 Å². The lowest BCUT2D eigenvalue weighted by Gasteiger charge is -1.99. The second kappa shape index (κ2) is 5.29. The maximum absolute atomic E-state index is 12.9. The molecule has 0 aliphatic rings. The van der Waals surface area contributed by atoms with E-state index in [1.54, 1.807) is 6.07 Å². The summed E-state index contributed by atoms with van der Waals surface area (Å²) in [5.74, 6) is 1.72. The zero-order chi connectivity index (χ0) is 12.3. The minimum absolute atomic E-state index is 0.181. The summed E-state index contributed by atoms with van der Waals surface area (Å²) in [5.41, 5.74) is 5.65. The molecule has 0 amide bonds. The summed E-state index contributed by atoms with van der Waals surface area (Å²) in [6.07, 6.45) is 0. The van der Waals surface area contributed by atoms with Crippen molar-refractivity contribution in [1.29, 1.82) is 0 Å². The number of hydrogen-bond acceptors (Lipinski definition) is 4. The molecule has 17 heavy (non-hydrogen) atoms. The third-order valence-electron chi connectivity index (χ3n) is 2.13. The molecule has 2 rings (SSSR count). The molecule has 1 unspecified atom stereocenters. The first-order valence-corrected chi connectivity index (χ1v) is 6.19. The number of nitrogens with two attached hydrogens (primary N) is 1. The van der Waals surface area contributed by atoms with Gasteiger partial charge >= 0.3 is 0 Å². The van der Waals surface area contributed by atoms with E-state index in [0.29, 0.717) is 11.6 Å². The van der Waals surface area contributed by atoms with Gasteiger partial charge in [0.25, 0.3) is 0 Å². The van der Waals surface area contributed by atoms with Crippen LogP contribution in [0.3, 0.4) is 0 Å². The smallest absolute Gasteiger partial charge is 0.167 e. The third kappa shape index (κ3) is 3.28. The number of nitrogens with zero attached hydrogens (tertiary/aromatic N) is 2. The molecule has 1 aromatic heterocycles. The Morgan fingerprint density at radius 1 is 1.53 bits per heavy atom. The van der Waals surface area contributed by atoms with Crippen molar-refractivity contribution < 1.29 is 4.39 Å². The highest BCUT2D eigenvalue weighted by Gasteiger charge is 2.07.